The molecule has 0 unspecified atom stereocenters. The van der Waals surface area contributed by atoms with Crippen LogP contribution < -0.4 is 10.2 Å². The molecule has 24 heavy (non-hydrogen) atoms. The number of nitrogens with zero attached hydrogens (tertiary/aromatic N) is 3. The second-order valence-corrected chi connectivity index (χ2v) is 8.00. The van der Waals surface area contributed by atoms with Gasteiger partial charge >= 0.3 is 0 Å². The van der Waals surface area contributed by atoms with Crippen LogP contribution in [0.5, 0.6) is 0 Å². The van der Waals surface area contributed by atoms with E-state index in [4.69, 9.17) is 0 Å². The fraction of sp³-hybridized carbons (Fsp3) is 0.611. The minimum absolute atomic E-state index is 0.247. The lowest BCUT2D eigenvalue weighted by molar-refractivity contribution is -0.123. The summed E-state index contributed by atoms with van der Waals surface area (Å²) in [6, 6.07) is 0.453. The van der Waals surface area contributed by atoms with Crippen molar-refractivity contribution in [3.8, 4) is 0 Å². The van der Waals surface area contributed by atoms with Crippen molar-refractivity contribution in [2.24, 2.45) is 5.92 Å². The van der Waals surface area contributed by atoms with E-state index < -0.39 is 0 Å². The number of hydrogen-bond donors (Lipinski definition) is 1. The fourth-order valence-corrected chi connectivity index (χ4v) is 4.65. The van der Waals surface area contributed by atoms with Crippen LogP contribution in [0.15, 0.2) is 11.7 Å². The summed E-state index contributed by atoms with van der Waals surface area (Å²) in [5.74, 6) is 1.82. The average molecular weight is 344 g/mol. The van der Waals surface area contributed by atoms with Crippen LogP contribution in [0.1, 0.15) is 44.1 Å². The first kappa shape index (κ1) is 15.8. The molecule has 1 saturated heterocycles. The van der Waals surface area contributed by atoms with Crippen LogP contribution in [0.4, 0.5) is 5.82 Å². The van der Waals surface area contributed by atoms with Crippen molar-refractivity contribution in [2.75, 3.05) is 18.0 Å². The normalized spacial score (nSPS) is 19.5. The van der Waals surface area contributed by atoms with Crippen molar-refractivity contribution in [1.29, 1.82) is 0 Å². The van der Waals surface area contributed by atoms with Crippen LogP contribution in [0.2, 0.25) is 0 Å². The van der Waals surface area contributed by atoms with Crippen molar-refractivity contribution in [3.63, 3.8) is 0 Å². The molecule has 1 amide bonds. The quantitative estimate of drug-likeness (QED) is 0.925. The van der Waals surface area contributed by atoms with Gasteiger partial charge in [-0.3, -0.25) is 4.79 Å². The van der Waals surface area contributed by atoms with Gasteiger partial charge in [0.05, 0.1) is 10.2 Å². The number of fused-ring (bicyclic) bond motifs is 1. The predicted molar refractivity (Wildman–Crippen MR) is 97.5 cm³/mol. The number of hydrogen-bond acceptors (Lipinski definition) is 5. The molecular formula is C18H24N4OS. The molecule has 0 radical (unpaired) electrons. The van der Waals surface area contributed by atoms with E-state index in [1.807, 2.05) is 0 Å². The number of nitrogens with one attached hydrogen (secondary N) is 1. The number of thiophene rings is 1. The number of anilines is 1. The summed E-state index contributed by atoms with van der Waals surface area (Å²) in [6.07, 6.45) is 8.07. The molecule has 1 aliphatic heterocycles. The molecule has 5 nitrogen and oxygen atoms in total. The van der Waals surface area contributed by atoms with Gasteiger partial charge in [0.1, 0.15) is 12.1 Å². The van der Waals surface area contributed by atoms with E-state index in [1.165, 1.54) is 16.7 Å². The van der Waals surface area contributed by atoms with Gasteiger partial charge in [-0.25, -0.2) is 9.97 Å². The zero-order valence-electron chi connectivity index (χ0n) is 14.1. The molecule has 1 N–H and O–H groups in total. The van der Waals surface area contributed by atoms with Gasteiger partial charge in [0.2, 0.25) is 5.91 Å². The number of rotatable bonds is 4. The lowest BCUT2D eigenvalue weighted by Crippen LogP contribution is -2.41. The maximum Gasteiger partial charge on any atom is 0.220 e. The lowest BCUT2D eigenvalue weighted by atomic mass is 9.90. The largest absolute Gasteiger partial charge is 0.355 e. The molecule has 3 heterocycles. The molecule has 0 spiro atoms. The van der Waals surface area contributed by atoms with E-state index >= 15 is 0 Å². The Bertz CT molecular complexity index is 732. The van der Waals surface area contributed by atoms with E-state index in [2.05, 4.69) is 32.5 Å². The number of carbonyl (C=O) groups excluding carboxylic acids is 1. The summed E-state index contributed by atoms with van der Waals surface area (Å²) in [5, 5.41) is 5.32. The molecule has 2 aliphatic rings. The second-order valence-electron chi connectivity index (χ2n) is 7.12. The van der Waals surface area contributed by atoms with Crippen LogP contribution in [-0.4, -0.2) is 35.0 Å². The minimum Gasteiger partial charge on any atom is -0.355 e. The van der Waals surface area contributed by atoms with Gasteiger partial charge in [0.15, 0.2) is 0 Å². The lowest BCUT2D eigenvalue weighted by Gasteiger charge is -2.33. The standard InChI is InChI=1S/C18H24N4OS/c1-12-10-24-17-16(12)19-11-20-18(17)22-7-5-13(6-8-22)9-15(23)21-14-3-2-4-14/h10-11,13-14H,2-9H2,1H3,(H,21,23). The Hall–Kier alpha value is -1.69. The van der Waals surface area contributed by atoms with E-state index in [9.17, 15) is 4.79 Å². The molecular weight excluding hydrogens is 320 g/mol. The molecule has 1 saturated carbocycles. The molecule has 2 aromatic heterocycles. The Kier molecular flexibility index (Phi) is 4.39. The second kappa shape index (κ2) is 6.67. The van der Waals surface area contributed by atoms with Gasteiger partial charge in [-0.1, -0.05) is 0 Å². The average Bonchev–Trinajstić information content (AvgIpc) is 2.93. The molecule has 128 valence electrons. The maximum atomic E-state index is 12.1. The molecule has 4 rings (SSSR count). The van der Waals surface area contributed by atoms with Crippen LogP contribution in [-0.2, 0) is 4.79 Å². The Balaban J connectivity index is 1.36. The van der Waals surface area contributed by atoms with Crippen molar-refractivity contribution >= 4 is 33.3 Å². The Labute approximate surface area is 146 Å². The third kappa shape index (κ3) is 3.11. The summed E-state index contributed by atoms with van der Waals surface area (Å²) in [5.41, 5.74) is 2.30. The Morgan fingerprint density at radius 3 is 2.79 bits per heavy atom. The van der Waals surface area contributed by atoms with Gasteiger partial charge in [-0.2, -0.15) is 0 Å². The molecule has 0 aromatic carbocycles. The van der Waals surface area contributed by atoms with Crippen molar-refractivity contribution in [2.45, 2.75) is 51.5 Å². The predicted octanol–water partition coefficient (Wildman–Crippen LogP) is 3.27. The molecule has 2 aromatic rings. The van der Waals surface area contributed by atoms with E-state index in [0.29, 0.717) is 18.4 Å². The Morgan fingerprint density at radius 1 is 1.29 bits per heavy atom. The zero-order chi connectivity index (χ0) is 16.5. The third-order valence-electron chi connectivity index (χ3n) is 5.37. The molecule has 0 atom stereocenters. The highest BCUT2D eigenvalue weighted by Crippen LogP contribution is 2.33. The number of amides is 1. The van der Waals surface area contributed by atoms with Gasteiger partial charge < -0.3 is 10.2 Å². The first-order valence-corrected chi connectivity index (χ1v) is 9.82. The number of aryl methyl sites for hydroxylation is 1. The number of piperidine rings is 1. The molecule has 2 fully saturated rings. The first-order valence-electron chi connectivity index (χ1n) is 8.94. The van der Waals surface area contributed by atoms with Gasteiger partial charge in [0.25, 0.3) is 0 Å². The van der Waals surface area contributed by atoms with E-state index in [1.54, 1.807) is 17.7 Å². The van der Waals surface area contributed by atoms with E-state index in [-0.39, 0.29) is 5.91 Å². The van der Waals surface area contributed by atoms with Crippen LogP contribution in [0.3, 0.4) is 0 Å². The van der Waals surface area contributed by atoms with Crippen molar-refractivity contribution in [1.82, 2.24) is 15.3 Å². The van der Waals surface area contributed by atoms with Crippen LogP contribution in [0, 0.1) is 12.8 Å². The smallest absolute Gasteiger partial charge is 0.220 e. The summed E-state index contributed by atoms with van der Waals surface area (Å²) >= 11 is 1.73. The third-order valence-corrected chi connectivity index (χ3v) is 6.45. The van der Waals surface area contributed by atoms with Crippen molar-refractivity contribution in [3.05, 3.63) is 17.3 Å². The number of carbonyl (C=O) groups is 1. The highest BCUT2D eigenvalue weighted by Gasteiger charge is 2.26. The van der Waals surface area contributed by atoms with Crippen LogP contribution in [0.25, 0.3) is 10.2 Å². The molecule has 0 bridgehead atoms. The van der Waals surface area contributed by atoms with Gasteiger partial charge in [0, 0.05) is 25.6 Å². The SMILES string of the molecule is Cc1csc2c(N3CCC(CC(=O)NC4CCC4)CC3)ncnc12. The summed E-state index contributed by atoms with van der Waals surface area (Å²) < 4.78 is 1.19. The van der Waals surface area contributed by atoms with Gasteiger partial charge in [-0.15, -0.1) is 11.3 Å². The first-order chi connectivity index (χ1) is 11.7. The van der Waals surface area contributed by atoms with Crippen LogP contribution >= 0.6 is 11.3 Å². The van der Waals surface area contributed by atoms with Crippen molar-refractivity contribution < 1.29 is 4.79 Å². The fourth-order valence-electron chi connectivity index (χ4n) is 3.63. The zero-order valence-corrected chi connectivity index (χ0v) is 14.9. The maximum absolute atomic E-state index is 12.1. The van der Waals surface area contributed by atoms with Gasteiger partial charge in [-0.05, 0) is 55.9 Å². The molecule has 1 aliphatic carbocycles. The summed E-state index contributed by atoms with van der Waals surface area (Å²) in [4.78, 5) is 23.4. The minimum atomic E-state index is 0.247. The highest BCUT2D eigenvalue weighted by atomic mass is 32.1. The number of aromatic nitrogens is 2. The Morgan fingerprint density at radius 2 is 2.08 bits per heavy atom. The molecule has 6 heteroatoms. The van der Waals surface area contributed by atoms with E-state index in [0.717, 1.165) is 50.1 Å². The summed E-state index contributed by atoms with van der Waals surface area (Å²) in [7, 11) is 0. The highest BCUT2D eigenvalue weighted by molar-refractivity contribution is 7.18. The monoisotopic (exact) mass is 344 g/mol. The topological polar surface area (TPSA) is 58.1 Å². The summed E-state index contributed by atoms with van der Waals surface area (Å²) in [6.45, 7) is 4.05.